The number of hydrogen-bond acceptors (Lipinski definition) is 6. The minimum atomic E-state index is -1.02. The van der Waals surface area contributed by atoms with Crippen LogP contribution in [-0.4, -0.2) is 60.6 Å². The number of nitrogens with zero attached hydrogens (tertiary/aromatic N) is 3. The van der Waals surface area contributed by atoms with Crippen molar-refractivity contribution in [2.75, 3.05) is 32.2 Å². The summed E-state index contributed by atoms with van der Waals surface area (Å²) in [5.74, 6) is -0.515. The molecule has 0 aliphatic carbocycles. The summed E-state index contributed by atoms with van der Waals surface area (Å²) < 4.78 is 10.7. The molecule has 1 saturated heterocycles. The number of ether oxygens (including phenoxy) is 2. The number of carbonyl (C=O) groups is 1. The van der Waals surface area contributed by atoms with E-state index in [-0.39, 0.29) is 17.8 Å². The zero-order valence-corrected chi connectivity index (χ0v) is 11.2. The highest BCUT2D eigenvalue weighted by atomic mass is 16.5. The summed E-state index contributed by atoms with van der Waals surface area (Å²) in [6, 6.07) is 0. The number of aromatic nitrogens is 2. The highest BCUT2D eigenvalue weighted by Gasteiger charge is 2.34. The largest absolute Gasteiger partial charge is 0.478 e. The zero-order valence-electron chi connectivity index (χ0n) is 11.2. The molecular weight excluding hydrogens is 250 g/mol. The molecule has 1 aliphatic rings. The molecule has 19 heavy (non-hydrogen) atoms. The molecule has 104 valence electrons. The molecule has 1 aromatic heterocycles. The smallest absolute Gasteiger partial charge is 0.339 e. The second kappa shape index (κ2) is 5.50. The van der Waals surface area contributed by atoms with Gasteiger partial charge in [0.15, 0.2) is 0 Å². The molecule has 2 rings (SSSR count). The van der Waals surface area contributed by atoms with Gasteiger partial charge < -0.3 is 19.5 Å². The van der Waals surface area contributed by atoms with Crippen molar-refractivity contribution in [3.05, 3.63) is 17.5 Å². The van der Waals surface area contributed by atoms with Crippen LogP contribution < -0.4 is 4.90 Å². The lowest BCUT2D eigenvalue weighted by molar-refractivity contribution is -0.00461. The molecule has 0 spiro atoms. The minimum Gasteiger partial charge on any atom is -0.478 e. The fourth-order valence-electron chi connectivity index (χ4n) is 2.18. The maximum Gasteiger partial charge on any atom is 0.339 e. The Morgan fingerprint density at radius 2 is 1.95 bits per heavy atom. The molecule has 0 bridgehead atoms. The van der Waals surface area contributed by atoms with E-state index in [4.69, 9.17) is 14.6 Å². The van der Waals surface area contributed by atoms with Gasteiger partial charge in [0.1, 0.15) is 12.2 Å². The summed E-state index contributed by atoms with van der Waals surface area (Å²) in [6.45, 7) is 2.91. The van der Waals surface area contributed by atoms with Crippen LogP contribution in [0.25, 0.3) is 0 Å². The number of anilines is 1. The fraction of sp³-hybridized carbons (Fsp3) is 0.583. The predicted octanol–water partition coefficient (Wildman–Crippen LogP) is 0.333. The van der Waals surface area contributed by atoms with Gasteiger partial charge >= 0.3 is 5.97 Å². The van der Waals surface area contributed by atoms with E-state index in [9.17, 15) is 4.79 Å². The Morgan fingerprint density at radius 1 is 1.37 bits per heavy atom. The summed E-state index contributed by atoms with van der Waals surface area (Å²) in [6.07, 6.45) is 1.27. The average molecular weight is 267 g/mol. The third-order valence-electron chi connectivity index (χ3n) is 3.30. The van der Waals surface area contributed by atoms with Gasteiger partial charge in [0.2, 0.25) is 5.95 Å². The normalized spacial score (nSPS) is 22.8. The Balaban J connectivity index is 2.20. The third-order valence-corrected chi connectivity index (χ3v) is 3.30. The summed E-state index contributed by atoms with van der Waals surface area (Å²) in [7, 11) is 3.28. The Kier molecular flexibility index (Phi) is 3.96. The van der Waals surface area contributed by atoms with Gasteiger partial charge in [-0.2, -0.15) is 0 Å². The van der Waals surface area contributed by atoms with Crippen molar-refractivity contribution in [3.63, 3.8) is 0 Å². The van der Waals surface area contributed by atoms with Gasteiger partial charge in [0, 0.05) is 33.5 Å². The highest BCUT2D eigenvalue weighted by Crippen LogP contribution is 2.21. The van der Waals surface area contributed by atoms with Crippen LogP contribution in [0.15, 0.2) is 6.20 Å². The van der Waals surface area contributed by atoms with Crippen LogP contribution in [0.2, 0.25) is 0 Å². The monoisotopic (exact) mass is 267 g/mol. The summed E-state index contributed by atoms with van der Waals surface area (Å²) in [5, 5.41) is 8.95. The van der Waals surface area contributed by atoms with E-state index >= 15 is 0 Å². The topological polar surface area (TPSA) is 84.8 Å². The summed E-state index contributed by atoms with van der Waals surface area (Å²) in [5.41, 5.74) is 0.571. The number of aryl methyl sites for hydroxylation is 1. The van der Waals surface area contributed by atoms with Gasteiger partial charge in [-0.25, -0.2) is 14.8 Å². The molecular formula is C12H17N3O4. The number of rotatable bonds is 4. The number of carboxylic acids is 1. The Bertz CT molecular complexity index is 468. The first-order valence-electron chi connectivity index (χ1n) is 5.94. The van der Waals surface area contributed by atoms with Crippen LogP contribution in [0.1, 0.15) is 16.1 Å². The molecule has 0 amide bonds. The Hall–Kier alpha value is -1.73. The number of methoxy groups -OCH3 is 2. The third kappa shape index (κ3) is 2.66. The highest BCUT2D eigenvalue weighted by molar-refractivity contribution is 5.88. The van der Waals surface area contributed by atoms with Gasteiger partial charge in [0.25, 0.3) is 0 Å². The molecule has 2 heterocycles. The van der Waals surface area contributed by atoms with Crippen molar-refractivity contribution >= 4 is 11.9 Å². The molecule has 7 nitrogen and oxygen atoms in total. The molecule has 1 N–H and O–H groups in total. The van der Waals surface area contributed by atoms with Gasteiger partial charge in [0.05, 0.1) is 11.3 Å². The second-order valence-electron chi connectivity index (χ2n) is 4.43. The van der Waals surface area contributed by atoms with E-state index in [1.54, 1.807) is 21.1 Å². The first-order valence-corrected chi connectivity index (χ1v) is 5.94. The molecule has 7 heteroatoms. The number of carboxylic acid groups (broad SMARTS) is 1. The predicted molar refractivity (Wildman–Crippen MR) is 67.5 cm³/mol. The van der Waals surface area contributed by atoms with Crippen LogP contribution in [0, 0.1) is 6.92 Å². The molecule has 0 saturated carbocycles. The summed E-state index contributed by atoms with van der Waals surface area (Å²) >= 11 is 0. The van der Waals surface area contributed by atoms with Crippen molar-refractivity contribution in [2.45, 2.75) is 19.1 Å². The van der Waals surface area contributed by atoms with E-state index in [0.717, 1.165) is 0 Å². The lowest BCUT2D eigenvalue weighted by Crippen LogP contribution is -2.27. The van der Waals surface area contributed by atoms with Gasteiger partial charge in [-0.05, 0) is 6.92 Å². The first kappa shape index (κ1) is 13.7. The van der Waals surface area contributed by atoms with Crippen molar-refractivity contribution in [1.82, 2.24) is 9.97 Å². The van der Waals surface area contributed by atoms with E-state index in [1.807, 2.05) is 4.90 Å². The molecule has 0 aromatic carbocycles. The molecule has 0 radical (unpaired) electrons. The fourth-order valence-corrected chi connectivity index (χ4v) is 2.18. The van der Waals surface area contributed by atoms with Crippen LogP contribution in [-0.2, 0) is 9.47 Å². The van der Waals surface area contributed by atoms with Crippen molar-refractivity contribution in [1.29, 1.82) is 0 Å². The SMILES string of the molecule is COC1CN(c2ncc(C(=O)O)c(C)n2)CC1OC. The number of hydrogen-bond donors (Lipinski definition) is 1. The standard InChI is InChI=1S/C12H17N3O4/c1-7-8(11(16)17)4-13-12(14-7)15-5-9(18-2)10(6-15)19-3/h4,9-10H,5-6H2,1-3H3,(H,16,17). The maximum absolute atomic E-state index is 10.9. The average Bonchev–Trinajstić information content (AvgIpc) is 2.81. The van der Waals surface area contributed by atoms with Crippen LogP contribution in [0.5, 0.6) is 0 Å². The van der Waals surface area contributed by atoms with E-state index < -0.39 is 5.97 Å². The summed E-state index contributed by atoms with van der Waals surface area (Å²) in [4.78, 5) is 21.2. The zero-order chi connectivity index (χ0) is 14.0. The van der Waals surface area contributed by atoms with Gasteiger partial charge in [-0.3, -0.25) is 0 Å². The van der Waals surface area contributed by atoms with Crippen LogP contribution >= 0.6 is 0 Å². The quantitative estimate of drug-likeness (QED) is 0.841. The molecule has 1 aliphatic heterocycles. The number of aromatic carboxylic acids is 1. The maximum atomic E-state index is 10.9. The lowest BCUT2D eigenvalue weighted by Gasteiger charge is -2.16. The van der Waals surface area contributed by atoms with Crippen molar-refractivity contribution in [2.24, 2.45) is 0 Å². The molecule has 2 unspecified atom stereocenters. The Labute approximate surface area is 111 Å². The van der Waals surface area contributed by atoms with E-state index in [1.165, 1.54) is 6.20 Å². The van der Waals surface area contributed by atoms with Gasteiger partial charge in [-0.1, -0.05) is 0 Å². The van der Waals surface area contributed by atoms with E-state index in [0.29, 0.717) is 24.7 Å². The molecule has 1 fully saturated rings. The Morgan fingerprint density at radius 3 is 2.37 bits per heavy atom. The second-order valence-corrected chi connectivity index (χ2v) is 4.43. The van der Waals surface area contributed by atoms with Crippen LogP contribution in [0.3, 0.4) is 0 Å². The van der Waals surface area contributed by atoms with Gasteiger partial charge in [-0.15, -0.1) is 0 Å². The van der Waals surface area contributed by atoms with E-state index in [2.05, 4.69) is 9.97 Å². The lowest BCUT2D eigenvalue weighted by atomic mass is 10.2. The van der Waals surface area contributed by atoms with Crippen LogP contribution in [0.4, 0.5) is 5.95 Å². The van der Waals surface area contributed by atoms with Crippen molar-refractivity contribution in [3.8, 4) is 0 Å². The molecule has 1 aromatic rings. The first-order chi connectivity index (χ1) is 9.06. The minimum absolute atomic E-state index is 0.0342. The molecule has 2 atom stereocenters. The van der Waals surface area contributed by atoms with Crippen molar-refractivity contribution < 1.29 is 19.4 Å².